The van der Waals surface area contributed by atoms with E-state index in [0.29, 0.717) is 5.96 Å². The molecule has 20 heavy (non-hydrogen) atoms. The van der Waals surface area contributed by atoms with E-state index in [1.54, 1.807) is 9.80 Å². The molecule has 4 N–H and O–H groups in total. The lowest BCUT2D eigenvalue weighted by Crippen LogP contribution is -2.73. The summed E-state index contributed by atoms with van der Waals surface area (Å²) in [6, 6.07) is 0. The highest BCUT2D eigenvalue weighted by Crippen LogP contribution is 2.22. The predicted octanol–water partition coefficient (Wildman–Crippen LogP) is -2.02. The highest BCUT2D eigenvalue weighted by Gasteiger charge is 2.54. The summed E-state index contributed by atoms with van der Waals surface area (Å²) in [6.45, 7) is -0.360. The van der Waals surface area contributed by atoms with Crippen LogP contribution < -0.4 is 5.73 Å². The molecule has 0 saturated carbocycles. The van der Waals surface area contributed by atoms with E-state index in [2.05, 4.69) is 4.74 Å². The third-order valence-corrected chi connectivity index (χ3v) is 3.31. The third-order valence-electron chi connectivity index (χ3n) is 2.46. The number of nitrogens with one attached hydrogen (secondary N) is 1. The molecule has 10 nitrogen and oxygen atoms in total. The van der Waals surface area contributed by atoms with Crippen molar-refractivity contribution in [3.63, 3.8) is 0 Å². The molecule has 0 aromatic carbocycles. The van der Waals surface area contributed by atoms with Crippen LogP contribution in [0, 0.1) is 5.41 Å². The summed E-state index contributed by atoms with van der Waals surface area (Å²) in [5.74, 6) is -0.447. The molecule has 118 valence electrons. The molecule has 1 amide bonds. The Hall–Kier alpha value is -1.43. The number of hydrogen-bond donors (Lipinski definition) is 3. The second-order valence-corrected chi connectivity index (χ2v) is 5.83. The molecule has 1 fully saturated rings. The summed E-state index contributed by atoms with van der Waals surface area (Å²) in [4.78, 5) is 14.4. The van der Waals surface area contributed by atoms with Gasteiger partial charge in [-0.05, 0) is 0 Å². The van der Waals surface area contributed by atoms with E-state index in [4.69, 9.17) is 15.7 Å². The molecule has 1 rings (SSSR count). The van der Waals surface area contributed by atoms with Crippen LogP contribution in [0.2, 0.25) is 0 Å². The van der Waals surface area contributed by atoms with Crippen LogP contribution in [0.3, 0.4) is 0 Å². The Bertz CT molecular complexity index is 467. The number of nitrogens with two attached hydrogens (primary N) is 1. The van der Waals surface area contributed by atoms with Crippen LogP contribution in [0.15, 0.2) is 0 Å². The number of hydrogen-bond acceptors (Lipinski definition) is 6. The molecule has 0 spiro atoms. The van der Waals surface area contributed by atoms with Crippen LogP contribution in [0.5, 0.6) is 0 Å². The Balaban J connectivity index is 0.000000396. The number of β-lactam (4-membered cyclic amide) rings is 1. The average molecular weight is 311 g/mol. The molecular formula is C9H21N5O5S. The van der Waals surface area contributed by atoms with Crippen molar-refractivity contribution in [2.45, 2.75) is 5.72 Å². The van der Waals surface area contributed by atoms with Gasteiger partial charge in [0.2, 0.25) is 5.72 Å². The maximum atomic E-state index is 10.9. The van der Waals surface area contributed by atoms with Crippen LogP contribution in [0.4, 0.5) is 0 Å². The first-order valence-electron chi connectivity index (χ1n) is 5.43. The van der Waals surface area contributed by atoms with Crippen molar-refractivity contribution in [3.05, 3.63) is 0 Å². The van der Waals surface area contributed by atoms with Gasteiger partial charge in [-0.3, -0.25) is 20.5 Å². The molecule has 1 aliphatic rings. The van der Waals surface area contributed by atoms with Crippen molar-refractivity contribution in [1.29, 1.82) is 5.41 Å². The number of nitrogens with zero attached hydrogens (tertiary/aromatic N) is 3. The number of amides is 1. The van der Waals surface area contributed by atoms with E-state index in [1.807, 2.05) is 28.2 Å². The fraction of sp³-hybridized carbons (Fsp3) is 0.778. The second-order valence-electron chi connectivity index (χ2n) is 4.50. The molecule has 1 aliphatic heterocycles. The van der Waals surface area contributed by atoms with Gasteiger partial charge in [0.25, 0.3) is 5.91 Å². The van der Waals surface area contributed by atoms with Gasteiger partial charge in [-0.15, -0.1) is 0 Å². The van der Waals surface area contributed by atoms with Crippen molar-refractivity contribution in [1.82, 2.24) is 14.1 Å². The van der Waals surface area contributed by atoms with Gasteiger partial charge in [0.05, 0.1) is 6.54 Å². The van der Waals surface area contributed by atoms with Gasteiger partial charge in [0, 0.05) is 35.3 Å². The largest absolute Gasteiger partial charge is 0.362 e. The maximum absolute atomic E-state index is 10.9. The van der Waals surface area contributed by atoms with Gasteiger partial charge < -0.3 is 14.5 Å². The summed E-state index contributed by atoms with van der Waals surface area (Å²) in [6.07, 6.45) is 0. The smallest absolute Gasteiger partial charge is 0.353 e. The zero-order valence-electron chi connectivity index (χ0n) is 12.1. The number of methoxy groups -OCH3 is 1. The maximum Gasteiger partial charge on any atom is 0.362 e. The van der Waals surface area contributed by atoms with Crippen LogP contribution in [0.1, 0.15) is 0 Å². The van der Waals surface area contributed by atoms with Crippen molar-refractivity contribution >= 4 is 22.2 Å². The molecule has 0 bridgehead atoms. The highest BCUT2D eigenvalue weighted by molar-refractivity contribution is 7.84. The first kappa shape index (κ1) is 18.6. The molecule has 0 aromatic heterocycles. The average Bonchev–Trinajstić information content (AvgIpc) is 2.33. The van der Waals surface area contributed by atoms with Gasteiger partial charge in [0.15, 0.2) is 5.96 Å². The van der Waals surface area contributed by atoms with Crippen molar-refractivity contribution in [2.75, 3.05) is 41.8 Å². The third kappa shape index (κ3) is 4.30. The molecular weight excluding hydrogens is 290 g/mol. The SMILES string of the molecule is CN(C)C(=N)N(C)C.COC1(N)CN(S(=O)(=O)O)C1=O. The Labute approximate surface area is 118 Å². The normalized spacial score (nSPS) is 21.6. The van der Waals surface area contributed by atoms with Gasteiger partial charge in [-0.2, -0.15) is 8.42 Å². The number of rotatable bonds is 2. The standard InChI is InChI=1S/C5H13N3.C4H8N2O5S/c1-7(2)5(6)8(3)4;1-11-4(5)2-6(3(4)7)12(8,9)10/h6H,1-4H3;2,5H2,1H3,(H,8,9,10). The molecule has 1 atom stereocenters. The Morgan fingerprint density at radius 3 is 1.95 bits per heavy atom. The predicted molar refractivity (Wildman–Crippen MR) is 72.3 cm³/mol. The number of carbonyl (C=O) groups excluding carboxylic acids is 1. The Morgan fingerprint density at radius 2 is 1.80 bits per heavy atom. The van der Waals surface area contributed by atoms with Crippen molar-refractivity contribution in [2.24, 2.45) is 5.73 Å². The zero-order chi connectivity index (χ0) is 16.3. The van der Waals surface area contributed by atoms with E-state index >= 15 is 0 Å². The van der Waals surface area contributed by atoms with E-state index in [0.717, 1.165) is 0 Å². The quantitative estimate of drug-likeness (QED) is 0.174. The lowest BCUT2D eigenvalue weighted by molar-refractivity contribution is -0.169. The molecule has 0 aliphatic carbocycles. The van der Waals surface area contributed by atoms with Crippen LogP contribution in [-0.2, 0) is 19.8 Å². The minimum atomic E-state index is -4.47. The van der Waals surface area contributed by atoms with Crippen molar-refractivity contribution in [3.8, 4) is 0 Å². The molecule has 0 radical (unpaired) electrons. The van der Waals surface area contributed by atoms with Gasteiger partial charge >= 0.3 is 10.3 Å². The summed E-state index contributed by atoms with van der Waals surface area (Å²) < 4.78 is 33.9. The number of carbonyl (C=O) groups is 1. The topological polar surface area (TPSA) is 140 Å². The van der Waals surface area contributed by atoms with Gasteiger partial charge in [-0.1, -0.05) is 0 Å². The summed E-state index contributed by atoms with van der Waals surface area (Å²) in [7, 11) is 4.11. The number of guanidine groups is 1. The van der Waals surface area contributed by atoms with Crippen LogP contribution >= 0.6 is 0 Å². The highest BCUT2D eigenvalue weighted by atomic mass is 32.2. The number of ether oxygens (including phenoxy) is 1. The summed E-state index contributed by atoms with van der Waals surface area (Å²) >= 11 is 0. The summed E-state index contributed by atoms with van der Waals surface area (Å²) in [5.41, 5.74) is 3.64. The molecule has 1 saturated heterocycles. The van der Waals surface area contributed by atoms with E-state index in [-0.39, 0.29) is 10.8 Å². The molecule has 1 heterocycles. The zero-order valence-corrected chi connectivity index (χ0v) is 12.9. The van der Waals surface area contributed by atoms with E-state index in [1.165, 1.54) is 7.11 Å². The van der Waals surface area contributed by atoms with Crippen LogP contribution in [0.25, 0.3) is 0 Å². The van der Waals surface area contributed by atoms with E-state index in [9.17, 15) is 13.2 Å². The fourth-order valence-electron chi connectivity index (χ4n) is 1.21. The lowest BCUT2D eigenvalue weighted by atomic mass is 10.1. The van der Waals surface area contributed by atoms with Gasteiger partial charge in [0.1, 0.15) is 0 Å². The van der Waals surface area contributed by atoms with Crippen LogP contribution in [-0.4, -0.2) is 86.5 Å². The minimum absolute atomic E-state index is 0.233. The van der Waals surface area contributed by atoms with Gasteiger partial charge in [-0.25, -0.2) is 4.31 Å². The Morgan fingerprint density at radius 1 is 1.40 bits per heavy atom. The molecule has 1 unspecified atom stereocenters. The first-order valence-corrected chi connectivity index (χ1v) is 6.83. The minimum Gasteiger partial charge on any atom is -0.353 e. The molecule has 11 heteroatoms. The Kier molecular flexibility index (Phi) is 5.89. The second kappa shape index (κ2) is 6.35. The first-order chi connectivity index (χ1) is 8.86. The van der Waals surface area contributed by atoms with E-state index < -0.39 is 21.9 Å². The monoisotopic (exact) mass is 311 g/mol. The molecule has 0 aromatic rings. The lowest BCUT2D eigenvalue weighted by Gasteiger charge is -2.41. The summed E-state index contributed by atoms with van der Waals surface area (Å²) in [5, 5.41) is 7.25. The van der Waals surface area contributed by atoms with Crippen molar-refractivity contribution < 1.29 is 22.5 Å². The fourth-order valence-corrected chi connectivity index (χ4v) is 1.93.